The Balaban J connectivity index is 1.47. The number of anilines is 1. The summed E-state index contributed by atoms with van der Waals surface area (Å²) in [5, 5.41) is 23.1. The molecule has 1 saturated carbocycles. The van der Waals surface area contributed by atoms with E-state index in [2.05, 4.69) is 52.9 Å². The largest absolute Gasteiger partial charge is 0.393 e. The molecule has 1 saturated heterocycles. The van der Waals surface area contributed by atoms with Crippen LogP contribution in [0.25, 0.3) is 16.6 Å². The van der Waals surface area contributed by atoms with E-state index in [0.29, 0.717) is 18.5 Å². The zero-order valence-electron chi connectivity index (χ0n) is 22.6. The molecule has 0 spiro atoms. The lowest BCUT2D eigenvalue weighted by Gasteiger charge is -2.35. The SMILES string of the molecule is COC[C@H](C)Nc1ncc2c(-c3cnn(C(C)(C)CN4CCOCC4)c3)cc(C3CCC(O)CC3)n2n1. The highest BCUT2D eigenvalue weighted by Crippen LogP contribution is 2.38. The van der Waals surface area contributed by atoms with Crippen molar-refractivity contribution >= 4 is 11.5 Å². The average molecular weight is 512 g/mol. The summed E-state index contributed by atoms with van der Waals surface area (Å²) >= 11 is 0. The summed E-state index contributed by atoms with van der Waals surface area (Å²) in [4.78, 5) is 7.08. The van der Waals surface area contributed by atoms with Crippen LogP contribution >= 0.6 is 0 Å². The molecule has 1 atom stereocenters. The molecule has 0 amide bonds. The Morgan fingerprint density at radius 2 is 1.95 bits per heavy atom. The van der Waals surface area contributed by atoms with Gasteiger partial charge in [-0.2, -0.15) is 5.10 Å². The van der Waals surface area contributed by atoms with Crippen molar-refractivity contribution < 1.29 is 14.6 Å². The van der Waals surface area contributed by atoms with E-state index in [4.69, 9.17) is 19.7 Å². The third kappa shape index (κ3) is 5.82. The maximum absolute atomic E-state index is 10.1. The van der Waals surface area contributed by atoms with Crippen LogP contribution in [-0.4, -0.2) is 93.1 Å². The summed E-state index contributed by atoms with van der Waals surface area (Å²) in [6, 6.07) is 2.35. The first-order chi connectivity index (χ1) is 17.8. The quantitative estimate of drug-likeness (QED) is 0.452. The second-order valence-electron chi connectivity index (χ2n) is 11.2. The van der Waals surface area contributed by atoms with Gasteiger partial charge in [0.05, 0.1) is 49.4 Å². The van der Waals surface area contributed by atoms with Crippen LogP contribution < -0.4 is 5.32 Å². The summed E-state index contributed by atoms with van der Waals surface area (Å²) in [6.07, 6.45) is 9.35. The van der Waals surface area contributed by atoms with E-state index in [1.165, 1.54) is 5.69 Å². The molecule has 2 fully saturated rings. The van der Waals surface area contributed by atoms with Crippen LogP contribution in [0.3, 0.4) is 0 Å². The minimum Gasteiger partial charge on any atom is -0.393 e. The van der Waals surface area contributed by atoms with E-state index >= 15 is 0 Å². The molecular weight excluding hydrogens is 470 g/mol. The van der Waals surface area contributed by atoms with E-state index < -0.39 is 0 Å². The Hall–Kier alpha value is -2.53. The Kier molecular flexibility index (Phi) is 7.80. The number of aromatic nitrogens is 5. The molecule has 3 aromatic heterocycles. The van der Waals surface area contributed by atoms with Gasteiger partial charge in [0.1, 0.15) is 0 Å². The fourth-order valence-corrected chi connectivity index (χ4v) is 5.66. The number of fused-ring (bicyclic) bond motifs is 1. The van der Waals surface area contributed by atoms with Gasteiger partial charge < -0.3 is 19.9 Å². The maximum Gasteiger partial charge on any atom is 0.241 e. The van der Waals surface area contributed by atoms with Crippen LogP contribution in [0.1, 0.15) is 58.1 Å². The van der Waals surface area contributed by atoms with E-state index in [1.54, 1.807) is 7.11 Å². The Morgan fingerprint density at radius 1 is 1.19 bits per heavy atom. The number of morpholine rings is 1. The fourth-order valence-electron chi connectivity index (χ4n) is 5.66. The normalized spacial score (nSPS) is 22.4. The molecule has 1 aliphatic carbocycles. The van der Waals surface area contributed by atoms with E-state index in [1.807, 2.05) is 16.9 Å². The highest BCUT2D eigenvalue weighted by molar-refractivity contribution is 5.81. The molecule has 2 aliphatic rings. The Bertz CT molecular complexity index is 1180. The molecule has 2 N–H and O–H groups in total. The summed E-state index contributed by atoms with van der Waals surface area (Å²) in [7, 11) is 1.69. The number of aliphatic hydroxyl groups is 1. The summed E-state index contributed by atoms with van der Waals surface area (Å²) in [5.74, 6) is 0.926. The van der Waals surface area contributed by atoms with Crippen LogP contribution in [-0.2, 0) is 15.0 Å². The number of rotatable bonds is 9. The van der Waals surface area contributed by atoms with Gasteiger partial charge in [0.2, 0.25) is 5.95 Å². The highest BCUT2D eigenvalue weighted by Gasteiger charge is 2.28. The molecule has 0 bridgehead atoms. The van der Waals surface area contributed by atoms with Gasteiger partial charge in [0.15, 0.2) is 0 Å². The lowest BCUT2D eigenvalue weighted by atomic mass is 9.85. The molecule has 0 radical (unpaired) electrons. The molecule has 0 unspecified atom stereocenters. The monoisotopic (exact) mass is 511 g/mol. The molecule has 3 aromatic rings. The predicted octanol–water partition coefficient (Wildman–Crippen LogP) is 3.13. The van der Waals surface area contributed by atoms with Crippen LogP contribution in [0.4, 0.5) is 5.95 Å². The van der Waals surface area contributed by atoms with Gasteiger partial charge >= 0.3 is 0 Å². The third-order valence-corrected chi connectivity index (χ3v) is 7.68. The minimum absolute atomic E-state index is 0.0951. The van der Waals surface area contributed by atoms with Crippen molar-refractivity contribution in [2.45, 2.75) is 70.1 Å². The first-order valence-electron chi connectivity index (χ1n) is 13.5. The predicted molar refractivity (Wildman–Crippen MR) is 143 cm³/mol. The molecular formula is C27H41N7O3. The number of hydrogen-bond acceptors (Lipinski definition) is 8. The minimum atomic E-state index is -0.198. The lowest BCUT2D eigenvalue weighted by molar-refractivity contribution is 0.0213. The number of hydrogen-bond donors (Lipinski definition) is 2. The number of aliphatic hydroxyl groups excluding tert-OH is 1. The molecule has 37 heavy (non-hydrogen) atoms. The van der Waals surface area contributed by atoms with Gasteiger partial charge in [-0.1, -0.05) is 0 Å². The van der Waals surface area contributed by atoms with Gasteiger partial charge in [0, 0.05) is 61.7 Å². The Morgan fingerprint density at radius 3 is 2.68 bits per heavy atom. The summed E-state index contributed by atoms with van der Waals surface area (Å²) < 4.78 is 14.9. The van der Waals surface area contributed by atoms with Crippen molar-refractivity contribution in [2.24, 2.45) is 0 Å². The maximum atomic E-state index is 10.1. The fraction of sp³-hybridized carbons (Fsp3) is 0.667. The zero-order chi connectivity index (χ0) is 26.0. The lowest BCUT2D eigenvalue weighted by Crippen LogP contribution is -2.46. The van der Waals surface area contributed by atoms with Crippen molar-refractivity contribution in [2.75, 3.05) is 51.9 Å². The molecule has 1 aliphatic heterocycles. The van der Waals surface area contributed by atoms with E-state index in [9.17, 15) is 5.11 Å². The van der Waals surface area contributed by atoms with Crippen molar-refractivity contribution in [1.29, 1.82) is 0 Å². The van der Waals surface area contributed by atoms with Crippen LogP contribution in [0, 0.1) is 0 Å². The van der Waals surface area contributed by atoms with Crippen LogP contribution in [0.15, 0.2) is 24.7 Å². The second-order valence-corrected chi connectivity index (χ2v) is 11.2. The van der Waals surface area contributed by atoms with Crippen molar-refractivity contribution in [3.63, 3.8) is 0 Å². The molecule has 4 heterocycles. The van der Waals surface area contributed by atoms with Gasteiger partial charge in [0.25, 0.3) is 0 Å². The highest BCUT2D eigenvalue weighted by atomic mass is 16.5. The van der Waals surface area contributed by atoms with Crippen LogP contribution in [0.2, 0.25) is 0 Å². The number of methoxy groups -OCH3 is 1. The molecule has 0 aromatic carbocycles. The molecule has 10 heteroatoms. The second kappa shape index (κ2) is 11.1. The zero-order valence-corrected chi connectivity index (χ0v) is 22.6. The summed E-state index contributed by atoms with van der Waals surface area (Å²) in [5.41, 5.74) is 4.13. The molecule has 10 nitrogen and oxygen atoms in total. The first kappa shape index (κ1) is 26.1. The van der Waals surface area contributed by atoms with Gasteiger partial charge in [-0.15, -0.1) is 5.10 Å². The van der Waals surface area contributed by atoms with Crippen molar-refractivity contribution in [1.82, 2.24) is 29.3 Å². The summed E-state index contributed by atoms with van der Waals surface area (Å²) in [6.45, 7) is 11.5. The third-order valence-electron chi connectivity index (χ3n) is 7.68. The standard InChI is InChI=1S/C27H41N7O3/c1-19(17-36-4)30-26-28-15-25-23(13-24(34(25)31-26)20-5-7-22(35)8-6-20)21-14-29-33(16-21)27(2,3)18-32-9-11-37-12-10-32/h13-16,19-20,22,35H,5-12,17-18H2,1-4H3,(H,30,31)/t19-,20?,22?/m0/s1. The van der Waals surface area contributed by atoms with E-state index in [-0.39, 0.29) is 17.7 Å². The Labute approximate surface area is 219 Å². The average Bonchev–Trinajstić information content (AvgIpc) is 3.51. The van der Waals surface area contributed by atoms with Gasteiger partial charge in [-0.25, -0.2) is 9.50 Å². The number of ether oxygens (including phenoxy) is 2. The molecule has 202 valence electrons. The first-order valence-corrected chi connectivity index (χ1v) is 13.5. The number of nitrogens with one attached hydrogen (secondary N) is 1. The van der Waals surface area contributed by atoms with Gasteiger partial charge in [-0.3, -0.25) is 9.58 Å². The van der Waals surface area contributed by atoms with E-state index in [0.717, 1.165) is 75.2 Å². The smallest absolute Gasteiger partial charge is 0.241 e. The van der Waals surface area contributed by atoms with Gasteiger partial charge in [-0.05, 0) is 52.5 Å². The van der Waals surface area contributed by atoms with Crippen LogP contribution in [0.5, 0.6) is 0 Å². The topological polar surface area (TPSA) is 102 Å². The number of nitrogens with zero attached hydrogens (tertiary/aromatic N) is 6. The van der Waals surface area contributed by atoms with Crippen molar-refractivity contribution in [3.05, 3.63) is 30.4 Å². The molecule has 5 rings (SSSR count). The van der Waals surface area contributed by atoms with Crippen molar-refractivity contribution in [3.8, 4) is 11.1 Å².